The van der Waals surface area contributed by atoms with E-state index in [-0.39, 0.29) is 6.10 Å². The highest BCUT2D eigenvalue weighted by Gasteiger charge is 2.25. The summed E-state index contributed by atoms with van der Waals surface area (Å²) < 4.78 is 17.0. The second kappa shape index (κ2) is 7.73. The number of pyridine rings is 1. The maximum absolute atomic E-state index is 5.91. The molecule has 1 atom stereocenters. The first-order chi connectivity index (χ1) is 13.9. The van der Waals surface area contributed by atoms with Crippen LogP contribution in [0.3, 0.4) is 0 Å². The molecular formula is C22H23N3O3. The third-order valence-electron chi connectivity index (χ3n) is 5.33. The number of rotatable bonds is 3. The van der Waals surface area contributed by atoms with Gasteiger partial charge in [0, 0.05) is 30.6 Å². The largest absolute Gasteiger partial charge is 0.475 e. The summed E-state index contributed by atoms with van der Waals surface area (Å²) in [5.41, 5.74) is 6.15. The van der Waals surface area contributed by atoms with Crippen LogP contribution in [-0.2, 0) is 20.6 Å². The quantitative estimate of drug-likeness (QED) is 0.823. The first-order valence-corrected chi connectivity index (χ1v) is 9.74. The molecule has 6 heteroatoms. The Morgan fingerprint density at radius 3 is 3.04 bits per heavy atom. The van der Waals surface area contributed by atoms with Gasteiger partial charge < -0.3 is 19.1 Å². The summed E-state index contributed by atoms with van der Waals surface area (Å²) in [4.78, 5) is 11.1. The minimum atomic E-state index is -0.0199. The van der Waals surface area contributed by atoms with Crippen LogP contribution in [0.4, 0.5) is 0 Å². The molecule has 0 saturated carbocycles. The summed E-state index contributed by atoms with van der Waals surface area (Å²) in [5, 5.41) is 0. The molecule has 0 N–H and O–H groups in total. The number of aromatic nitrogens is 1. The molecule has 1 saturated heterocycles. The van der Waals surface area contributed by atoms with Crippen molar-refractivity contribution in [3.05, 3.63) is 59.9 Å². The average Bonchev–Trinajstić information content (AvgIpc) is 2.78. The molecular weight excluding hydrogens is 354 g/mol. The number of hydrogen-bond donors (Lipinski definition) is 0. The van der Waals surface area contributed by atoms with E-state index >= 15 is 0 Å². The van der Waals surface area contributed by atoms with E-state index in [0.717, 1.165) is 18.5 Å². The van der Waals surface area contributed by atoms with Gasteiger partial charge in [-0.05, 0) is 29.2 Å². The van der Waals surface area contributed by atoms with Gasteiger partial charge in [0.25, 0.3) is 0 Å². The van der Waals surface area contributed by atoms with E-state index in [0.29, 0.717) is 39.0 Å². The van der Waals surface area contributed by atoms with Crippen LogP contribution >= 0.6 is 0 Å². The molecule has 5 rings (SSSR count). The summed E-state index contributed by atoms with van der Waals surface area (Å²) in [6.07, 6.45) is 6.76. The number of benzene rings is 1. The smallest absolute Gasteiger partial charge is 0.212 e. The van der Waals surface area contributed by atoms with Crippen LogP contribution < -0.4 is 0 Å². The van der Waals surface area contributed by atoms with Gasteiger partial charge in [-0.1, -0.05) is 24.3 Å². The van der Waals surface area contributed by atoms with Gasteiger partial charge in [-0.15, -0.1) is 0 Å². The molecule has 0 aliphatic carbocycles. The lowest BCUT2D eigenvalue weighted by molar-refractivity contribution is -0.103. The maximum Gasteiger partial charge on any atom is 0.212 e. The molecule has 2 aromatic rings. The Balaban J connectivity index is 1.36. The Morgan fingerprint density at radius 1 is 1.18 bits per heavy atom. The predicted molar refractivity (Wildman–Crippen MR) is 107 cm³/mol. The average molecular weight is 377 g/mol. The summed E-state index contributed by atoms with van der Waals surface area (Å²) in [5.74, 6) is 0.671. The standard InChI is InChI=1S/C22H23N3O3/c1-2-18(12-23-6-1)16-3-4-20-17(10-16)5-7-25-15-24-22(11-21(20)25)28-14-19-13-26-8-9-27-19/h1-4,6,10-12,19H,5,7-9,13-15H2. The molecule has 0 bridgehead atoms. The van der Waals surface area contributed by atoms with Gasteiger partial charge in [0.15, 0.2) is 0 Å². The number of fused-ring (bicyclic) bond motifs is 3. The zero-order valence-electron chi connectivity index (χ0n) is 15.7. The molecule has 1 unspecified atom stereocenters. The molecule has 1 aromatic heterocycles. The molecule has 0 amide bonds. The Morgan fingerprint density at radius 2 is 2.18 bits per heavy atom. The van der Waals surface area contributed by atoms with Crippen molar-refractivity contribution in [3.8, 4) is 11.1 Å². The molecule has 1 fully saturated rings. The molecule has 144 valence electrons. The predicted octanol–water partition coefficient (Wildman–Crippen LogP) is 2.75. The van der Waals surface area contributed by atoms with E-state index < -0.39 is 0 Å². The van der Waals surface area contributed by atoms with Gasteiger partial charge >= 0.3 is 0 Å². The van der Waals surface area contributed by atoms with Crippen molar-refractivity contribution in [2.24, 2.45) is 4.99 Å². The third-order valence-corrected chi connectivity index (χ3v) is 5.33. The molecule has 3 aliphatic heterocycles. The lowest BCUT2D eigenvalue weighted by Gasteiger charge is -2.34. The van der Waals surface area contributed by atoms with Crippen LogP contribution in [0.1, 0.15) is 11.1 Å². The minimum absolute atomic E-state index is 0.0199. The highest BCUT2D eigenvalue weighted by molar-refractivity contribution is 5.97. The Bertz CT molecular complexity index is 904. The number of nitrogens with zero attached hydrogens (tertiary/aromatic N) is 3. The van der Waals surface area contributed by atoms with Crippen LogP contribution in [0.25, 0.3) is 16.8 Å². The van der Waals surface area contributed by atoms with E-state index in [1.807, 2.05) is 12.3 Å². The first-order valence-electron chi connectivity index (χ1n) is 9.74. The molecule has 1 aromatic carbocycles. The Labute approximate surface area is 164 Å². The third kappa shape index (κ3) is 3.53. The van der Waals surface area contributed by atoms with Crippen molar-refractivity contribution in [1.29, 1.82) is 0 Å². The van der Waals surface area contributed by atoms with Crippen molar-refractivity contribution in [2.75, 3.05) is 39.6 Å². The Kier molecular flexibility index (Phi) is 4.81. The number of hydrogen-bond acceptors (Lipinski definition) is 6. The van der Waals surface area contributed by atoms with E-state index in [1.54, 1.807) is 6.20 Å². The summed E-state index contributed by atoms with van der Waals surface area (Å²) in [6.45, 7) is 3.93. The van der Waals surface area contributed by atoms with Gasteiger partial charge in [0.2, 0.25) is 5.90 Å². The second-order valence-electron chi connectivity index (χ2n) is 7.17. The maximum atomic E-state index is 5.91. The van der Waals surface area contributed by atoms with E-state index in [4.69, 9.17) is 14.2 Å². The van der Waals surface area contributed by atoms with E-state index in [1.165, 1.54) is 22.4 Å². The van der Waals surface area contributed by atoms with Crippen LogP contribution in [0.5, 0.6) is 0 Å². The summed E-state index contributed by atoms with van der Waals surface area (Å²) in [7, 11) is 0. The van der Waals surface area contributed by atoms with Crippen LogP contribution in [0, 0.1) is 0 Å². The number of ether oxygens (including phenoxy) is 3. The second-order valence-corrected chi connectivity index (χ2v) is 7.17. The van der Waals surface area contributed by atoms with Gasteiger partial charge in [-0.3, -0.25) is 4.98 Å². The highest BCUT2D eigenvalue weighted by Crippen LogP contribution is 2.33. The van der Waals surface area contributed by atoms with E-state index in [2.05, 4.69) is 45.2 Å². The van der Waals surface area contributed by atoms with Gasteiger partial charge in [0.1, 0.15) is 19.4 Å². The molecule has 0 radical (unpaired) electrons. The van der Waals surface area contributed by atoms with Gasteiger partial charge in [0.05, 0.1) is 25.5 Å². The van der Waals surface area contributed by atoms with E-state index in [9.17, 15) is 0 Å². The monoisotopic (exact) mass is 377 g/mol. The van der Waals surface area contributed by atoms with Crippen LogP contribution in [0.15, 0.2) is 53.8 Å². The van der Waals surface area contributed by atoms with Crippen LogP contribution in [0.2, 0.25) is 0 Å². The lowest BCUT2D eigenvalue weighted by Crippen LogP contribution is -2.35. The highest BCUT2D eigenvalue weighted by atomic mass is 16.6. The minimum Gasteiger partial charge on any atom is -0.475 e. The van der Waals surface area contributed by atoms with Crippen molar-refractivity contribution >= 4 is 11.6 Å². The first kappa shape index (κ1) is 17.4. The summed E-state index contributed by atoms with van der Waals surface area (Å²) in [6, 6.07) is 10.7. The molecule has 4 heterocycles. The molecule has 6 nitrogen and oxygen atoms in total. The van der Waals surface area contributed by atoms with Crippen molar-refractivity contribution in [2.45, 2.75) is 12.5 Å². The fourth-order valence-corrected chi connectivity index (χ4v) is 3.84. The van der Waals surface area contributed by atoms with Gasteiger partial charge in [-0.2, -0.15) is 0 Å². The van der Waals surface area contributed by atoms with Crippen LogP contribution in [-0.4, -0.2) is 61.5 Å². The lowest BCUT2D eigenvalue weighted by atomic mass is 9.92. The van der Waals surface area contributed by atoms with Gasteiger partial charge in [-0.25, -0.2) is 4.99 Å². The molecule has 3 aliphatic rings. The topological polar surface area (TPSA) is 56.2 Å². The molecule has 0 spiro atoms. The fourth-order valence-electron chi connectivity index (χ4n) is 3.84. The van der Waals surface area contributed by atoms with Crippen molar-refractivity contribution in [1.82, 2.24) is 9.88 Å². The normalized spacial score (nSPS) is 21.3. The van der Waals surface area contributed by atoms with Crippen molar-refractivity contribution in [3.63, 3.8) is 0 Å². The van der Waals surface area contributed by atoms with Crippen molar-refractivity contribution < 1.29 is 14.2 Å². The SMILES string of the molecule is C1=C2c3ccc(-c4cccnc4)cc3CCN2CN=C1OCC1COCCO1. The summed E-state index contributed by atoms with van der Waals surface area (Å²) >= 11 is 0. The Hall–Kier alpha value is -2.70. The molecule has 28 heavy (non-hydrogen) atoms. The number of aliphatic imine (C=N–C) groups is 1. The fraction of sp³-hybridized carbons (Fsp3) is 0.364. The zero-order valence-corrected chi connectivity index (χ0v) is 15.7. The zero-order chi connectivity index (χ0) is 18.8.